The van der Waals surface area contributed by atoms with Crippen molar-refractivity contribution in [2.24, 2.45) is 5.92 Å². The third-order valence-corrected chi connectivity index (χ3v) is 5.26. The minimum atomic E-state index is -0.737. The second kappa shape index (κ2) is 8.12. The van der Waals surface area contributed by atoms with Crippen LogP contribution in [0, 0.1) is 11.7 Å². The van der Waals surface area contributed by atoms with Crippen molar-refractivity contribution in [1.29, 1.82) is 0 Å². The lowest BCUT2D eigenvalue weighted by Gasteiger charge is -2.26. The molecule has 1 aliphatic rings. The molecule has 10 heteroatoms. The number of aliphatic carboxylic acids is 1. The maximum absolute atomic E-state index is 13.4. The van der Waals surface area contributed by atoms with Gasteiger partial charge in [-0.25, -0.2) is 24.3 Å². The maximum Gasteiger partial charge on any atom is 0.306 e. The number of anilines is 3. The Morgan fingerprint density at radius 2 is 1.97 bits per heavy atom. The summed E-state index contributed by atoms with van der Waals surface area (Å²) in [5.74, 6) is -0.656. The van der Waals surface area contributed by atoms with Crippen molar-refractivity contribution in [2.75, 3.05) is 10.6 Å². The average molecular weight is 417 g/mol. The minimum Gasteiger partial charge on any atom is -0.481 e. The van der Waals surface area contributed by atoms with E-state index < -0.39 is 11.8 Å². The van der Waals surface area contributed by atoms with Crippen LogP contribution in [0.1, 0.15) is 25.7 Å². The van der Waals surface area contributed by atoms with Crippen LogP contribution >= 0.6 is 11.6 Å². The molecule has 8 nitrogen and oxygen atoms in total. The predicted molar refractivity (Wildman–Crippen MR) is 107 cm³/mol. The number of nitrogens with zero attached hydrogens (tertiary/aromatic N) is 4. The Kier molecular flexibility index (Phi) is 5.39. The molecule has 2 heterocycles. The van der Waals surface area contributed by atoms with Crippen LogP contribution in [0.4, 0.5) is 21.8 Å². The van der Waals surface area contributed by atoms with Crippen molar-refractivity contribution in [3.63, 3.8) is 0 Å². The molecule has 29 heavy (non-hydrogen) atoms. The summed E-state index contributed by atoms with van der Waals surface area (Å²) in [6, 6.07) is 4.39. The van der Waals surface area contributed by atoms with Crippen LogP contribution in [0.25, 0.3) is 11.0 Å². The fraction of sp³-hybridized carbons (Fsp3) is 0.316. The van der Waals surface area contributed by atoms with Gasteiger partial charge in [-0.05, 0) is 43.9 Å². The summed E-state index contributed by atoms with van der Waals surface area (Å²) >= 11 is 5.84. The highest BCUT2D eigenvalue weighted by Crippen LogP contribution is 2.28. The molecule has 150 valence electrons. The molecular weight excluding hydrogens is 399 g/mol. The van der Waals surface area contributed by atoms with Gasteiger partial charge in [0.1, 0.15) is 23.2 Å². The second-order valence-electron chi connectivity index (χ2n) is 6.93. The molecule has 0 aliphatic heterocycles. The van der Waals surface area contributed by atoms with Crippen LogP contribution in [-0.2, 0) is 4.79 Å². The molecule has 0 bridgehead atoms. The van der Waals surface area contributed by atoms with E-state index in [1.54, 1.807) is 12.3 Å². The number of hydrogen-bond acceptors (Lipinski definition) is 7. The summed E-state index contributed by atoms with van der Waals surface area (Å²) in [4.78, 5) is 28.3. The number of rotatable bonds is 5. The Labute approximate surface area is 170 Å². The Bertz CT molecular complexity index is 1060. The summed E-state index contributed by atoms with van der Waals surface area (Å²) < 4.78 is 13.4. The van der Waals surface area contributed by atoms with E-state index >= 15 is 0 Å². The van der Waals surface area contributed by atoms with Crippen LogP contribution in [0.3, 0.4) is 0 Å². The summed E-state index contributed by atoms with van der Waals surface area (Å²) in [7, 11) is 0. The molecular formula is C19H18ClFN6O2. The van der Waals surface area contributed by atoms with Gasteiger partial charge in [-0.3, -0.25) is 4.79 Å². The fourth-order valence-electron chi connectivity index (χ4n) is 3.39. The first-order valence-electron chi connectivity index (χ1n) is 9.19. The van der Waals surface area contributed by atoms with Gasteiger partial charge >= 0.3 is 5.97 Å². The molecule has 4 rings (SSSR count). The molecule has 0 amide bonds. The monoisotopic (exact) mass is 416 g/mol. The largest absolute Gasteiger partial charge is 0.481 e. The molecule has 3 N–H and O–H groups in total. The number of fused-ring (bicyclic) bond motifs is 1. The zero-order valence-corrected chi connectivity index (χ0v) is 16.0. The van der Waals surface area contributed by atoms with E-state index in [-0.39, 0.29) is 17.0 Å². The van der Waals surface area contributed by atoms with E-state index in [1.807, 2.05) is 0 Å². The topological polar surface area (TPSA) is 113 Å². The highest BCUT2D eigenvalue weighted by Gasteiger charge is 2.26. The van der Waals surface area contributed by atoms with E-state index in [0.29, 0.717) is 41.3 Å². The lowest BCUT2D eigenvalue weighted by Crippen LogP contribution is -2.29. The molecule has 0 spiro atoms. The average Bonchev–Trinajstić information content (AvgIpc) is 2.71. The van der Waals surface area contributed by atoms with Gasteiger partial charge in [0.2, 0.25) is 5.95 Å². The number of nitrogens with one attached hydrogen (secondary N) is 2. The zero-order chi connectivity index (χ0) is 20.4. The quantitative estimate of drug-likeness (QED) is 0.571. The zero-order valence-electron chi connectivity index (χ0n) is 15.3. The summed E-state index contributed by atoms with van der Waals surface area (Å²) in [6.07, 6.45) is 5.72. The Hall–Kier alpha value is -3.07. The third-order valence-electron chi connectivity index (χ3n) is 4.97. The molecule has 1 aromatic carbocycles. The number of aromatic nitrogens is 4. The van der Waals surface area contributed by atoms with Gasteiger partial charge in [-0.1, -0.05) is 11.6 Å². The summed E-state index contributed by atoms with van der Waals surface area (Å²) in [6.45, 7) is 0. The molecule has 1 fully saturated rings. The Morgan fingerprint density at radius 1 is 1.17 bits per heavy atom. The first-order valence-corrected chi connectivity index (χ1v) is 9.56. The smallest absolute Gasteiger partial charge is 0.306 e. The van der Waals surface area contributed by atoms with Crippen molar-refractivity contribution in [3.8, 4) is 0 Å². The second-order valence-corrected chi connectivity index (χ2v) is 7.34. The van der Waals surface area contributed by atoms with Gasteiger partial charge in [-0.2, -0.15) is 0 Å². The first-order chi connectivity index (χ1) is 14.0. The highest BCUT2D eigenvalue weighted by molar-refractivity contribution is 6.31. The van der Waals surface area contributed by atoms with Crippen molar-refractivity contribution in [1.82, 2.24) is 19.9 Å². The van der Waals surface area contributed by atoms with E-state index in [0.717, 1.165) is 12.8 Å². The Morgan fingerprint density at radius 3 is 2.69 bits per heavy atom. The van der Waals surface area contributed by atoms with Crippen LogP contribution in [-0.4, -0.2) is 37.1 Å². The minimum absolute atomic E-state index is 0.00214. The molecule has 0 radical (unpaired) electrons. The summed E-state index contributed by atoms with van der Waals surface area (Å²) in [5, 5.41) is 15.5. The van der Waals surface area contributed by atoms with Crippen molar-refractivity contribution >= 4 is 46.1 Å². The number of carboxylic acid groups (broad SMARTS) is 1. The van der Waals surface area contributed by atoms with E-state index in [1.165, 1.54) is 18.5 Å². The number of hydrogen-bond donors (Lipinski definition) is 3. The van der Waals surface area contributed by atoms with Crippen molar-refractivity contribution in [2.45, 2.75) is 31.7 Å². The number of carboxylic acids is 1. The molecule has 1 aliphatic carbocycles. The van der Waals surface area contributed by atoms with Gasteiger partial charge in [-0.15, -0.1) is 0 Å². The van der Waals surface area contributed by atoms with Crippen molar-refractivity contribution in [3.05, 3.63) is 41.6 Å². The normalized spacial score (nSPS) is 19.1. The molecule has 0 unspecified atom stereocenters. The molecule has 1 saturated carbocycles. The van der Waals surface area contributed by atoms with Gasteiger partial charge in [0.05, 0.1) is 17.1 Å². The lowest BCUT2D eigenvalue weighted by atomic mass is 9.86. The third kappa shape index (κ3) is 4.34. The Balaban J connectivity index is 1.54. The van der Waals surface area contributed by atoms with Crippen LogP contribution in [0.15, 0.2) is 30.7 Å². The number of carbonyl (C=O) groups is 1. The number of benzene rings is 1. The van der Waals surface area contributed by atoms with E-state index in [4.69, 9.17) is 16.7 Å². The van der Waals surface area contributed by atoms with E-state index in [2.05, 4.69) is 30.6 Å². The summed E-state index contributed by atoms with van der Waals surface area (Å²) in [5.41, 5.74) is 1.62. The first kappa shape index (κ1) is 19.3. The van der Waals surface area contributed by atoms with Gasteiger partial charge in [0.15, 0.2) is 5.82 Å². The lowest BCUT2D eigenvalue weighted by molar-refractivity contribution is -0.142. The molecule has 3 aromatic rings. The van der Waals surface area contributed by atoms with Crippen LogP contribution in [0.2, 0.25) is 5.02 Å². The van der Waals surface area contributed by atoms with Crippen LogP contribution in [0.5, 0.6) is 0 Å². The van der Waals surface area contributed by atoms with Crippen LogP contribution < -0.4 is 10.6 Å². The molecule has 0 atom stereocenters. The maximum atomic E-state index is 13.4. The molecule has 0 saturated heterocycles. The number of halogens is 2. The van der Waals surface area contributed by atoms with Gasteiger partial charge in [0, 0.05) is 11.7 Å². The highest BCUT2D eigenvalue weighted by atomic mass is 35.5. The standard InChI is InChI=1S/C19H18ClFN6O2/c20-13-7-12(5-6-14(13)21)25-17-16-15(23-9-24-17)8-22-19(27-16)26-11-3-1-10(2-4-11)18(28)29/h5-11H,1-4H2,(H,28,29)(H,22,26,27)(H,23,24,25)/t10-,11-. The fourth-order valence-corrected chi connectivity index (χ4v) is 3.57. The SMILES string of the molecule is O=C(O)[C@H]1CC[C@H](Nc2ncc3ncnc(Nc4ccc(F)c(Cl)c4)c3n2)CC1. The van der Waals surface area contributed by atoms with Gasteiger partial charge in [0.25, 0.3) is 0 Å². The van der Waals surface area contributed by atoms with Crippen molar-refractivity contribution < 1.29 is 14.3 Å². The van der Waals surface area contributed by atoms with E-state index in [9.17, 15) is 9.18 Å². The predicted octanol–water partition coefficient (Wildman–Crippen LogP) is 4.01. The van der Waals surface area contributed by atoms with Gasteiger partial charge < -0.3 is 15.7 Å². The molecule has 2 aromatic heterocycles.